The lowest BCUT2D eigenvalue weighted by molar-refractivity contribution is 0.0872. The number of amides is 1. The number of aryl methyl sites for hydroxylation is 1. The molecule has 1 aliphatic rings. The van der Waals surface area contributed by atoms with Gasteiger partial charge in [0.15, 0.2) is 0 Å². The van der Waals surface area contributed by atoms with E-state index in [0.717, 1.165) is 32.1 Å². The number of benzene rings is 1. The highest BCUT2D eigenvalue weighted by atomic mass is 16.3. The molecule has 2 N–H and O–H groups in total. The highest BCUT2D eigenvalue weighted by Gasteiger charge is 2.25. The second kappa shape index (κ2) is 6.71. The lowest BCUT2D eigenvalue weighted by atomic mass is 9.85. The zero-order valence-electron chi connectivity index (χ0n) is 11.6. The number of carbonyl (C=O) groups excluding carboxylic acids is 1. The Hall–Kier alpha value is -1.35. The van der Waals surface area contributed by atoms with Crippen molar-refractivity contribution in [3.63, 3.8) is 0 Å². The van der Waals surface area contributed by atoms with E-state index in [1.807, 2.05) is 24.3 Å². The van der Waals surface area contributed by atoms with E-state index in [2.05, 4.69) is 12.2 Å². The van der Waals surface area contributed by atoms with Crippen molar-refractivity contribution in [3.05, 3.63) is 35.4 Å². The molecule has 2 unspecified atom stereocenters. The number of aliphatic hydroxyl groups is 1. The molecule has 1 fully saturated rings. The largest absolute Gasteiger partial charge is 0.396 e. The molecule has 104 valence electrons. The molecule has 0 bridgehead atoms. The first-order chi connectivity index (χ1) is 9.24. The van der Waals surface area contributed by atoms with Gasteiger partial charge in [0, 0.05) is 24.1 Å². The second-order valence-electron chi connectivity index (χ2n) is 5.36. The molecule has 0 saturated heterocycles. The molecule has 1 amide bonds. The highest BCUT2D eigenvalue weighted by molar-refractivity contribution is 5.94. The van der Waals surface area contributed by atoms with Crippen molar-refractivity contribution in [2.24, 2.45) is 5.92 Å². The minimum atomic E-state index is -0.0204. The summed E-state index contributed by atoms with van der Waals surface area (Å²) in [5.74, 6) is 0.195. The number of hydrogen-bond donors (Lipinski definition) is 2. The lowest BCUT2D eigenvalue weighted by Crippen LogP contribution is -2.43. The minimum absolute atomic E-state index is 0.0204. The third kappa shape index (κ3) is 3.57. The maximum Gasteiger partial charge on any atom is 0.251 e. The number of nitrogens with one attached hydrogen (secondary N) is 1. The Morgan fingerprint density at radius 3 is 2.58 bits per heavy atom. The Morgan fingerprint density at radius 2 is 1.95 bits per heavy atom. The van der Waals surface area contributed by atoms with E-state index in [9.17, 15) is 9.90 Å². The van der Waals surface area contributed by atoms with Crippen molar-refractivity contribution in [2.75, 3.05) is 6.61 Å². The first-order valence-electron chi connectivity index (χ1n) is 7.25. The summed E-state index contributed by atoms with van der Waals surface area (Å²) in [5.41, 5.74) is 1.95. The van der Waals surface area contributed by atoms with Gasteiger partial charge >= 0.3 is 0 Å². The Balaban J connectivity index is 1.98. The topological polar surface area (TPSA) is 49.3 Å². The fourth-order valence-corrected chi connectivity index (χ4v) is 2.76. The number of carbonyl (C=O) groups is 1. The molecular formula is C16H23NO2. The molecule has 2 rings (SSSR count). The molecule has 19 heavy (non-hydrogen) atoms. The number of aliphatic hydroxyl groups excluding tert-OH is 1. The first kappa shape index (κ1) is 14.1. The van der Waals surface area contributed by atoms with Gasteiger partial charge in [0.2, 0.25) is 0 Å². The smallest absolute Gasteiger partial charge is 0.251 e. The summed E-state index contributed by atoms with van der Waals surface area (Å²) in [6, 6.07) is 7.88. The molecule has 0 aliphatic heterocycles. The summed E-state index contributed by atoms with van der Waals surface area (Å²) in [6.07, 6.45) is 5.26. The molecule has 0 spiro atoms. The van der Waals surface area contributed by atoms with Gasteiger partial charge in [0.25, 0.3) is 5.91 Å². The molecule has 0 aromatic heterocycles. The fraction of sp³-hybridized carbons (Fsp3) is 0.562. The molecule has 1 aromatic rings. The fourth-order valence-electron chi connectivity index (χ4n) is 2.76. The van der Waals surface area contributed by atoms with Gasteiger partial charge in [-0.3, -0.25) is 4.79 Å². The van der Waals surface area contributed by atoms with E-state index >= 15 is 0 Å². The summed E-state index contributed by atoms with van der Waals surface area (Å²) < 4.78 is 0. The van der Waals surface area contributed by atoms with E-state index in [4.69, 9.17) is 0 Å². The predicted octanol–water partition coefficient (Wildman–Crippen LogP) is 2.53. The molecule has 2 atom stereocenters. The average molecular weight is 261 g/mol. The Morgan fingerprint density at radius 1 is 1.26 bits per heavy atom. The number of hydrogen-bond acceptors (Lipinski definition) is 2. The molecular weight excluding hydrogens is 238 g/mol. The Bertz CT molecular complexity index is 413. The molecule has 1 aromatic carbocycles. The van der Waals surface area contributed by atoms with Crippen LogP contribution in [0.5, 0.6) is 0 Å². The van der Waals surface area contributed by atoms with E-state index < -0.39 is 0 Å². The molecule has 3 heteroatoms. The molecule has 0 heterocycles. The van der Waals surface area contributed by atoms with Crippen LogP contribution in [0.2, 0.25) is 0 Å². The molecule has 1 saturated carbocycles. The summed E-state index contributed by atoms with van der Waals surface area (Å²) >= 11 is 0. The van der Waals surface area contributed by atoms with Gasteiger partial charge in [-0.25, -0.2) is 0 Å². The Kier molecular flexibility index (Phi) is 4.97. The van der Waals surface area contributed by atoms with Crippen molar-refractivity contribution in [3.8, 4) is 0 Å². The summed E-state index contributed by atoms with van der Waals surface area (Å²) in [6.45, 7) is 2.27. The first-order valence-corrected chi connectivity index (χ1v) is 7.25. The third-order valence-corrected chi connectivity index (χ3v) is 4.08. The van der Waals surface area contributed by atoms with Crippen LogP contribution in [0.3, 0.4) is 0 Å². The zero-order chi connectivity index (χ0) is 13.7. The van der Waals surface area contributed by atoms with Crippen LogP contribution in [0.15, 0.2) is 24.3 Å². The van der Waals surface area contributed by atoms with Gasteiger partial charge < -0.3 is 10.4 Å². The van der Waals surface area contributed by atoms with Crippen LogP contribution < -0.4 is 5.32 Å². The summed E-state index contributed by atoms with van der Waals surface area (Å²) in [5, 5.41) is 12.4. The maximum absolute atomic E-state index is 12.2. The maximum atomic E-state index is 12.2. The van der Waals surface area contributed by atoms with Crippen LogP contribution in [0, 0.1) is 5.92 Å². The molecule has 3 nitrogen and oxygen atoms in total. The SMILES string of the molecule is CCc1ccc(C(=O)NC2CCCCC2CO)cc1. The van der Waals surface area contributed by atoms with Gasteiger partial charge in [-0.05, 0) is 37.0 Å². The molecule has 0 radical (unpaired) electrons. The highest BCUT2D eigenvalue weighted by Crippen LogP contribution is 2.24. The summed E-state index contributed by atoms with van der Waals surface area (Å²) in [4.78, 5) is 12.2. The van der Waals surface area contributed by atoms with Crippen molar-refractivity contribution < 1.29 is 9.90 Å². The lowest BCUT2D eigenvalue weighted by Gasteiger charge is -2.30. The quantitative estimate of drug-likeness (QED) is 0.875. The van der Waals surface area contributed by atoms with Crippen molar-refractivity contribution in [1.29, 1.82) is 0 Å². The molecule has 1 aliphatic carbocycles. The van der Waals surface area contributed by atoms with Gasteiger partial charge in [-0.1, -0.05) is 31.9 Å². The van der Waals surface area contributed by atoms with Crippen molar-refractivity contribution in [2.45, 2.75) is 45.1 Å². The van der Waals surface area contributed by atoms with Gasteiger partial charge in [-0.15, -0.1) is 0 Å². The van der Waals surface area contributed by atoms with Crippen LogP contribution in [-0.4, -0.2) is 23.7 Å². The Labute approximate surface area is 115 Å². The van der Waals surface area contributed by atoms with Crippen LogP contribution in [0.4, 0.5) is 0 Å². The van der Waals surface area contributed by atoms with Gasteiger partial charge in [-0.2, -0.15) is 0 Å². The third-order valence-electron chi connectivity index (χ3n) is 4.08. The van der Waals surface area contributed by atoms with Crippen LogP contribution >= 0.6 is 0 Å². The van der Waals surface area contributed by atoms with Crippen molar-refractivity contribution in [1.82, 2.24) is 5.32 Å². The van der Waals surface area contributed by atoms with Gasteiger partial charge in [0.1, 0.15) is 0 Å². The average Bonchev–Trinajstić information content (AvgIpc) is 2.48. The minimum Gasteiger partial charge on any atom is -0.396 e. The summed E-state index contributed by atoms with van der Waals surface area (Å²) in [7, 11) is 0. The monoisotopic (exact) mass is 261 g/mol. The van der Waals surface area contributed by atoms with Crippen LogP contribution in [-0.2, 0) is 6.42 Å². The van der Waals surface area contributed by atoms with E-state index in [1.165, 1.54) is 5.56 Å². The zero-order valence-corrected chi connectivity index (χ0v) is 11.6. The van der Waals surface area contributed by atoms with Crippen LogP contribution in [0.1, 0.15) is 48.5 Å². The van der Waals surface area contributed by atoms with E-state index in [1.54, 1.807) is 0 Å². The number of rotatable bonds is 4. The predicted molar refractivity (Wildman–Crippen MR) is 76.1 cm³/mol. The normalized spacial score (nSPS) is 23.1. The standard InChI is InChI=1S/C16H23NO2/c1-2-12-7-9-13(10-8-12)16(19)17-15-6-4-3-5-14(15)11-18/h7-10,14-15,18H,2-6,11H2,1H3,(H,17,19). The second-order valence-corrected chi connectivity index (χ2v) is 5.36. The van der Waals surface area contributed by atoms with E-state index in [0.29, 0.717) is 5.56 Å². The van der Waals surface area contributed by atoms with Gasteiger partial charge in [0.05, 0.1) is 0 Å². The van der Waals surface area contributed by atoms with Crippen molar-refractivity contribution >= 4 is 5.91 Å². The van der Waals surface area contributed by atoms with E-state index in [-0.39, 0.29) is 24.5 Å². The van der Waals surface area contributed by atoms with Crippen LogP contribution in [0.25, 0.3) is 0 Å².